The highest BCUT2D eigenvalue weighted by Gasteiger charge is 2.02. The van der Waals surface area contributed by atoms with Crippen LogP contribution < -0.4 is 10.2 Å². The summed E-state index contributed by atoms with van der Waals surface area (Å²) in [6.45, 7) is 3.92. The molecule has 114 valence electrons. The summed E-state index contributed by atoms with van der Waals surface area (Å²) in [7, 11) is 0. The Morgan fingerprint density at radius 3 is 2.45 bits per heavy atom. The average Bonchev–Trinajstić information content (AvgIpc) is 2.46. The van der Waals surface area contributed by atoms with Crippen LogP contribution in [0.15, 0.2) is 47.6 Å². The van der Waals surface area contributed by atoms with Crippen molar-refractivity contribution in [3.63, 3.8) is 0 Å². The van der Waals surface area contributed by atoms with E-state index < -0.39 is 0 Å². The van der Waals surface area contributed by atoms with Gasteiger partial charge in [-0.3, -0.25) is 4.79 Å². The van der Waals surface area contributed by atoms with Crippen LogP contribution in [0.4, 0.5) is 0 Å². The predicted molar refractivity (Wildman–Crippen MR) is 96.3 cm³/mol. The second-order valence-corrected chi connectivity index (χ2v) is 6.20. The van der Waals surface area contributed by atoms with Gasteiger partial charge >= 0.3 is 0 Å². The lowest BCUT2D eigenvalue weighted by atomic mass is 10.1. The highest BCUT2D eigenvalue weighted by atomic mass is 127. The summed E-state index contributed by atoms with van der Waals surface area (Å²) in [5.74, 6) is 0.398. The number of hydrogen-bond donors (Lipinski definition) is 1. The van der Waals surface area contributed by atoms with Crippen LogP contribution in [-0.2, 0) is 4.79 Å². The van der Waals surface area contributed by atoms with Crippen molar-refractivity contribution in [3.8, 4) is 5.75 Å². The molecular weight excluding hydrogens is 391 g/mol. The normalized spacial score (nSPS) is 10.7. The van der Waals surface area contributed by atoms with Crippen LogP contribution in [0.25, 0.3) is 0 Å². The van der Waals surface area contributed by atoms with Gasteiger partial charge < -0.3 is 4.74 Å². The van der Waals surface area contributed by atoms with Gasteiger partial charge in [-0.15, -0.1) is 0 Å². The Morgan fingerprint density at radius 2 is 1.82 bits per heavy atom. The summed E-state index contributed by atoms with van der Waals surface area (Å²) >= 11 is 2.23. The molecule has 0 atom stereocenters. The molecule has 0 aliphatic carbocycles. The Labute approximate surface area is 143 Å². The number of hydrogen-bond acceptors (Lipinski definition) is 3. The molecule has 1 amide bonds. The Balaban J connectivity index is 1.81. The van der Waals surface area contributed by atoms with Gasteiger partial charge in [-0.05, 0) is 77.4 Å². The number of rotatable bonds is 5. The van der Waals surface area contributed by atoms with Crippen molar-refractivity contribution >= 4 is 34.7 Å². The molecule has 0 radical (unpaired) electrons. The minimum atomic E-state index is -0.291. The number of carbonyl (C=O) groups excluding carboxylic acids is 1. The van der Waals surface area contributed by atoms with Crippen molar-refractivity contribution in [1.82, 2.24) is 5.43 Å². The van der Waals surface area contributed by atoms with Gasteiger partial charge in [0.05, 0.1) is 6.21 Å². The van der Waals surface area contributed by atoms with Crippen LogP contribution in [0.1, 0.15) is 16.7 Å². The molecule has 22 heavy (non-hydrogen) atoms. The number of nitrogens with zero attached hydrogens (tertiary/aromatic N) is 1. The second kappa shape index (κ2) is 7.93. The third-order valence-corrected chi connectivity index (χ3v) is 3.56. The number of aryl methyl sites for hydroxylation is 2. The lowest BCUT2D eigenvalue weighted by Gasteiger charge is -2.07. The van der Waals surface area contributed by atoms with Crippen molar-refractivity contribution in [2.24, 2.45) is 5.10 Å². The number of benzene rings is 2. The third kappa shape index (κ3) is 5.48. The van der Waals surface area contributed by atoms with Gasteiger partial charge in [-0.25, -0.2) is 5.43 Å². The Kier molecular flexibility index (Phi) is 5.94. The van der Waals surface area contributed by atoms with Crippen LogP contribution in [0.3, 0.4) is 0 Å². The number of ether oxygens (including phenoxy) is 1. The fourth-order valence-electron chi connectivity index (χ4n) is 1.93. The molecule has 4 nitrogen and oxygen atoms in total. The van der Waals surface area contributed by atoms with Gasteiger partial charge in [0.1, 0.15) is 5.75 Å². The molecule has 0 aromatic heterocycles. The molecule has 0 aliphatic rings. The maximum absolute atomic E-state index is 11.7. The molecule has 0 saturated carbocycles. The number of hydrazone groups is 1. The van der Waals surface area contributed by atoms with Gasteiger partial charge in [-0.1, -0.05) is 18.2 Å². The Morgan fingerprint density at radius 1 is 1.18 bits per heavy atom. The fraction of sp³-hybridized carbons (Fsp3) is 0.176. The van der Waals surface area contributed by atoms with Crippen molar-refractivity contribution < 1.29 is 9.53 Å². The molecular formula is C17H17IN2O2. The standard InChI is InChI=1S/C17H17IN2O2/c1-12-7-13(2)9-16(8-12)22-11-17(21)20-19-10-14-3-5-15(18)6-4-14/h3-10H,11H2,1-2H3,(H,20,21). The smallest absolute Gasteiger partial charge is 0.277 e. The number of halogens is 1. The minimum Gasteiger partial charge on any atom is -0.484 e. The molecule has 0 unspecified atom stereocenters. The van der Waals surface area contributed by atoms with Crippen LogP contribution in [0, 0.1) is 17.4 Å². The van der Waals surface area contributed by atoms with E-state index in [0.29, 0.717) is 5.75 Å². The van der Waals surface area contributed by atoms with E-state index in [0.717, 1.165) is 20.3 Å². The average molecular weight is 408 g/mol. The Hall–Kier alpha value is -1.89. The van der Waals surface area contributed by atoms with Crippen LogP contribution in [0.5, 0.6) is 5.75 Å². The first-order valence-electron chi connectivity index (χ1n) is 6.81. The van der Waals surface area contributed by atoms with Crippen molar-refractivity contribution in [1.29, 1.82) is 0 Å². The predicted octanol–water partition coefficient (Wildman–Crippen LogP) is 3.44. The van der Waals surface area contributed by atoms with Crippen molar-refractivity contribution in [2.45, 2.75) is 13.8 Å². The first-order chi connectivity index (χ1) is 10.5. The van der Waals surface area contributed by atoms with E-state index in [-0.39, 0.29) is 12.5 Å². The molecule has 0 spiro atoms. The van der Waals surface area contributed by atoms with Crippen LogP contribution in [-0.4, -0.2) is 18.7 Å². The summed E-state index contributed by atoms with van der Waals surface area (Å²) in [5.41, 5.74) is 5.58. The molecule has 0 saturated heterocycles. The minimum absolute atomic E-state index is 0.0626. The largest absolute Gasteiger partial charge is 0.484 e. The first-order valence-corrected chi connectivity index (χ1v) is 7.89. The lowest BCUT2D eigenvalue weighted by molar-refractivity contribution is -0.123. The van der Waals surface area contributed by atoms with E-state index in [1.807, 2.05) is 50.2 Å². The second-order valence-electron chi connectivity index (χ2n) is 4.96. The zero-order valence-corrected chi connectivity index (χ0v) is 14.6. The van der Waals surface area contributed by atoms with E-state index >= 15 is 0 Å². The van der Waals surface area contributed by atoms with Gasteiger partial charge in [-0.2, -0.15) is 5.10 Å². The topological polar surface area (TPSA) is 50.7 Å². The fourth-order valence-corrected chi connectivity index (χ4v) is 2.28. The van der Waals surface area contributed by atoms with Gasteiger partial charge in [0.2, 0.25) is 0 Å². The number of nitrogens with one attached hydrogen (secondary N) is 1. The number of amides is 1. The van der Waals surface area contributed by atoms with Gasteiger partial charge in [0, 0.05) is 3.57 Å². The molecule has 0 aliphatic heterocycles. The molecule has 2 rings (SSSR count). The van der Waals surface area contributed by atoms with Gasteiger partial charge in [0.15, 0.2) is 6.61 Å². The van der Waals surface area contributed by atoms with E-state index in [1.165, 1.54) is 0 Å². The zero-order chi connectivity index (χ0) is 15.9. The Bertz CT molecular complexity index is 661. The summed E-state index contributed by atoms with van der Waals surface area (Å²) in [6.07, 6.45) is 1.60. The zero-order valence-electron chi connectivity index (χ0n) is 12.5. The molecule has 0 heterocycles. The molecule has 1 N–H and O–H groups in total. The summed E-state index contributed by atoms with van der Waals surface area (Å²) in [4.78, 5) is 11.7. The molecule has 2 aromatic carbocycles. The van der Waals surface area contributed by atoms with Crippen LogP contribution in [0.2, 0.25) is 0 Å². The third-order valence-electron chi connectivity index (χ3n) is 2.84. The maximum Gasteiger partial charge on any atom is 0.277 e. The van der Waals surface area contributed by atoms with Crippen molar-refractivity contribution in [3.05, 3.63) is 62.7 Å². The van der Waals surface area contributed by atoms with Crippen LogP contribution >= 0.6 is 22.6 Å². The van der Waals surface area contributed by atoms with Gasteiger partial charge in [0.25, 0.3) is 5.91 Å². The summed E-state index contributed by atoms with van der Waals surface area (Å²) in [6, 6.07) is 13.7. The van der Waals surface area contributed by atoms with E-state index in [4.69, 9.17) is 4.74 Å². The lowest BCUT2D eigenvalue weighted by Crippen LogP contribution is -2.24. The summed E-state index contributed by atoms with van der Waals surface area (Å²) < 4.78 is 6.61. The highest BCUT2D eigenvalue weighted by Crippen LogP contribution is 2.15. The molecule has 0 fully saturated rings. The highest BCUT2D eigenvalue weighted by molar-refractivity contribution is 14.1. The maximum atomic E-state index is 11.7. The molecule has 5 heteroatoms. The SMILES string of the molecule is Cc1cc(C)cc(OCC(=O)NN=Cc2ccc(I)cc2)c1. The van der Waals surface area contributed by atoms with E-state index in [9.17, 15) is 4.79 Å². The first kappa shape index (κ1) is 16.5. The summed E-state index contributed by atoms with van der Waals surface area (Å²) in [5, 5.41) is 3.91. The monoisotopic (exact) mass is 408 g/mol. The van der Waals surface area contributed by atoms with E-state index in [2.05, 4.69) is 39.2 Å². The van der Waals surface area contributed by atoms with E-state index in [1.54, 1.807) is 6.21 Å². The van der Waals surface area contributed by atoms with Crippen molar-refractivity contribution in [2.75, 3.05) is 6.61 Å². The molecule has 0 bridgehead atoms. The molecule has 2 aromatic rings. The quantitative estimate of drug-likeness (QED) is 0.468. The number of carbonyl (C=O) groups is 1.